The summed E-state index contributed by atoms with van der Waals surface area (Å²) in [6.45, 7) is 10.6. The van der Waals surface area contributed by atoms with Crippen LogP contribution in [-0.2, 0) is 4.74 Å². The molecule has 0 amide bonds. The van der Waals surface area contributed by atoms with Crippen LogP contribution in [0.2, 0.25) is 0 Å². The Balaban J connectivity index is 1.36. The van der Waals surface area contributed by atoms with Crippen molar-refractivity contribution in [1.29, 1.82) is 0 Å². The van der Waals surface area contributed by atoms with Crippen LogP contribution in [-0.4, -0.2) is 30.0 Å². The Morgan fingerprint density at radius 3 is 2.36 bits per heavy atom. The number of hydrogen-bond donors (Lipinski definition) is 3. The summed E-state index contributed by atoms with van der Waals surface area (Å²) in [7, 11) is 0. The van der Waals surface area contributed by atoms with Crippen molar-refractivity contribution in [2.24, 2.45) is 52.4 Å². The number of nitrogens with two attached hydrogens (primary N) is 2. The molecule has 3 aliphatic carbocycles. The zero-order valence-electron chi connectivity index (χ0n) is 22.1. The van der Waals surface area contributed by atoms with E-state index in [9.17, 15) is 0 Å². The largest absolute Gasteiger partial charge is 0.368 e. The van der Waals surface area contributed by atoms with Gasteiger partial charge in [-0.1, -0.05) is 13.8 Å². The summed E-state index contributed by atoms with van der Waals surface area (Å²) in [5, 5.41) is 3.56. The van der Waals surface area contributed by atoms with Crippen LogP contribution in [0.25, 0.3) is 0 Å². The van der Waals surface area contributed by atoms with E-state index in [1.54, 1.807) is 0 Å². The fourth-order valence-electron chi connectivity index (χ4n) is 9.81. The first kappa shape index (κ1) is 24.5. The van der Waals surface area contributed by atoms with Gasteiger partial charge in [0, 0.05) is 12.0 Å². The van der Waals surface area contributed by atoms with Crippen molar-refractivity contribution in [3.8, 4) is 0 Å². The van der Waals surface area contributed by atoms with Crippen LogP contribution in [0.5, 0.6) is 0 Å². The molecule has 0 radical (unpaired) electrons. The van der Waals surface area contributed by atoms with E-state index < -0.39 is 0 Å². The van der Waals surface area contributed by atoms with E-state index in [1.165, 1.54) is 70.6 Å². The lowest BCUT2D eigenvalue weighted by molar-refractivity contribution is -0.273. The van der Waals surface area contributed by atoms with Crippen LogP contribution in [0.1, 0.15) is 111 Å². The van der Waals surface area contributed by atoms with E-state index in [2.05, 4.69) is 33.0 Å². The molecule has 9 atom stereocenters. The molecule has 5 N–H and O–H groups in total. The van der Waals surface area contributed by atoms with Crippen LogP contribution < -0.4 is 16.8 Å². The molecule has 6 fully saturated rings. The molecule has 3 aliphatic heterocycles. The molecule has 2 bridgehead atoms. The van der Waals surface area contributed by atoms with E-state index in [0.29, 0.717) is 23.3 Å². The predicted molar refractivity (Wildman–Crippen MR) is 137 cm³/mol. The Kier molecular flexibility index (Phi) is 6.73. The summed E-state index contributed by atoms with van der Waals surface area (Å²) < 4.78 is 7.11. The molecular weight excluding hydrogens is 406 g/mol. The maximum atomic E-state index is 7.11. The molecule has 33 heavy (non-hydrogen) atoms. The van der Waals surface area contributed by atoms with Gasteiger partial charge in [0.2, 0.25) is 0 Å². The van der Waals surface area contributed by atoms with Crippen molar-refractivity contribution in [2.75, 3.05) is 6.54 Å². The lowest BCUT2D eigenvalue weighted by atomic mass is 9.54. The molecule has 9 unspecified atom stereocenters. The van der Waals surface area contributed by atoms with Crippen molar-refractivity contribution in [2.45, 2.75) is 135 Å². The second-order valence-electron chi connectivity index (χ2n) is 14.4. The number of piperidine rings is 1. The highest BCUT2D eigenvalue weighted by molar-refractivity contribution is 5.11. The fourth-order valence-corrected chi connectivity index (χ4v) is 9.81. The van der Waals surface area contributed by atoms with Gasteiger partial charge in [-0.15, -0.1) is 0 Å². The minimum atomic E-state index is -0.0602. The summed E-state index contributed by atoms with van der Waals surface area (Å²) in [6, 6.07) is 0.320. The Morgan fingerprint density at radius 2 is 1.70 bits per heavy atom. The van der Waals surface area contributed by atoms with Gasteiger partial charge in [-0.05, 0) is 139 Å². The predicted octanol–water partition coefficient (Wildman–Crippen LogP) is 5.58. The smallest absolute Gasteiger partial charge is 0.0733 e. The molecule has 0 aromatic rings. The molecule has 3 heterocycles. The summed E-state index contributed by atoms with van der Waals surface area (Å²) >= 11 is 0. The quantitative estimate of drug-likeness (QED) is 0.501. The van der Waals surface area contributed by atoms with Crippen LogP contribution >= 0.6 is 0 Å². The summed E-state index contributed by atoms with van der Waals surface area (Å²) in [5.74, 6) is 4.65. The maximum absolute atomic E-state index is 7.11. The minimum Gasteiger partial charge on any atom is -0.368 e. The van der Waals surface area contributed by atoms with Gasteiger partial charge in [-0.25, -0.2) is 0 Å². The van der Waals surface area contributed by atoms with Crippen LogP contribution in [0.15, 0.2) is 0 Å². The second-order valence-corrected chi connectivity index (χ2v) is 14.4. The highest BCUT2D eigenvalue weighted by Gasteiger charge is 2.60. The van der Waals surface area contributed by atoms with E-state index in [1.807, 2.05) is 0 Å². The molecule has 0 aromatic heterocycles. The summed E-state index contributed by atoms with van der Waals surface area (Å²) in [5.41, 5.74) is 13.5. The van der Waals surface area contributed by atoms with Crippen molar-refractivity contribution >= 4 is 0 Å². The minimum absolute atomic E-state index is 0.0344. The maximum Gasteiger partial charge on any atom is 0.0733 e. The van der Waals surface area contributed by atoms with Gasteiger partial charge >= 0.3 is 0 Å². The first-order valence-corrected chi connectivity index (χ1v) is 14.5. The molecule has 3 saturated carbocycles. The number of fused-ring (bicyclic) bond motifs is 3. The highest BCUT2D eigenvalue weighted by Crippen LogP contribution is 2.62. The molecule has 4 nitrogen and oxygen atoms in total. The van der Waals surface area contributed by atoms with Gasteiger partial charge < -0.3 is 21.5 Å². The zero-order valence-corrected chi connectivity index (χ0v) is 22.1. The second kappa shape index (κ2) is 9.05. The van der Waals surface area contributed by atoms with E-state index in [0.717, 1.165) is 43.1 Å². The average Bonchev–Trinajstić information content (AvgIpc) is 3.09. The lowest BCUT2D eigenvalue weighted by Crippen LogP contribution is -2.66. The van der Waals surface area contributed by atoms with Crippen molar-refractivity contribution in [1.82, 2.24) is 5.32 Å². The third-order valence-electron chi connectivity index (χ3n) is 10.9. The molecule has 0 aromatic carbocycles. The van der Waals surface area contributed by atoms with Crippen LogP contribution in [0, 0.1) is 40.9 Å². The third kappa shape index (κ3) is 4.93. The topological polar surface area (TPSA) is 73.3 Å². The summed E-state index contributed by atoms with van der Waals surface area (Å²) in [4.78, 5) is 0. The Labute approximate surface area is 203 Å². The van der Waals surface area contributed by atoms with Gasteiger partial charge in [0.05, 0.1) is 17.4 Å². The normalized spacial score (nSPS) is 49.7. The standard InChI is InChI=1S/C29H53N3O/c1-19(2)11-20-7-9-28(14-20)15-22(12-21-5-6-26(31)32-18-21)13-23(16-28)29-10-8-24(25(30)17-29)27(3,4)33-29/h19-26,32H,5-18,30-31H2,1-4H3. The van der Waals surface area contributed by atoms with Gasteiger partial charge in [0.25, 0.3) is 0 Å². The van der Waals surface area contributed by atoms with Gasteiger partial charge in [-0.2, -0.15) is 0 Å². The van der Waals surface area contributed by atoms with Crippen molar-refractivity contribution in [3.63, 3.8) is 0 Å². The monoisotopic (exact) mass is 459 g/mol. The molecule has 1 spiro atoms. The van der Waals surface area contributed by atoms with Crippen LogP contribution in [0.4, 0.5) is 0 Å². The number of hydrogen-bond acceptors (Lipinski definition) is 4. The number of ether oxygens (including phenoxy) is 1. The molecule has 190 valence electrons. The van der Waals surface area contributed by atoms with Crippen molar-refractivity contribution in [3.05, 3.63) is 0 Å². The van der Waals surface area contributed by atoms with E-state index in [-0.39, 0.29) is 17.4 Å². The summed E-state index contributed by atoms with van der Waals surface area (Å²) in [6.07, 6.45) is 17.7. The molecule has 4 heteroatoms. The molecule has 6 rings (SSSR count). The van der Waals surface area contributed by atoms with Gasteiger partial charge in [0.15, 0.2) is 0 Å². The Bertz CT molecular complexity index is 686. The first-order valence-electron chi connectivity index (χ1n) is 14.5. The van der Waals surface area contributed by atoms with E-state index in [4.69, 9.17) is 16.2 Å². The SMILES string of the molecule is CC(C)CC1CCC2(C1)CC(CC1CCC(N)NC1)CC(C13CCC(C(N)C1)C(C)(C)O3)C2. The third-order valence-corrected chi connectivity index (χ3v) is 10.9. The molecular formula is C29H53N3O. The highest BCUT2D eigenvalue weighted by atomic mass is 16.5. The number of rotatable bonds is 5. The average molecular weight is 460 g/mol. The lowest BCUT2D eigenvalue weighted by Gasteiger charge is -2.62. The van der Waals surface area contributed by atoms with Crippen molar-refractivity contribution < 1.29 is 4.74 Å². The van der Waals surface area contributed by atoms with Gasteiger partial charge in [0.1, 0.15) is 0 Å². The Morgan fingerprint density at radius 1 is 0.909 bits per heavy atom. The molecule has 3 saturated heterocycles. The molecule has 6 aliphatic rings. The van der Waals surface area contributed by atoms with E-state index >= 15 is 0 Å². The fraction of sp³-hybridized carbons (Fsp3) is 1.00. The van der Waals surface area contributed by atoms with Gasteiger partial charge in [-0.3, -0.25) is 0 Å². The number of nitrogens with one attached hydrogen (secondary N) is 1. The first-order chi connectivity index (χ1) is 15.6. The van der Waals surface area contributed by atoms with Crippen LogP contribution in [0.3, 0.4) is 0 Å². The Hall–Kier alpha value is -0.160. The zero-order chi connectivity index (χ0) is 23.4.